The molecule has 338 valence electrons. The van der Waals surface area contributed by atoms with Crippen LogP contribution in [0, 0.1) is 0 Å². The van der Waals surface area contributed by atoms with Gasteiger partial charge >= 0.3 is 17.9 Å². The second kappa shape index (κ2) is 41.7. The number of carbonyl (C=O) groups excluding carboxylic acids is 2. The van der Waals surface area contributed by atoms with Gasteiger partial charge < -0.3 is 23.8 Å². The molecule has 0 saturated carbocycles. The van der Waals surface area contributed by atoms with Crippen LogP contribution in [0.1, 0.15) is 149 Å². The fourth-order valence-corrected chi connectivity index (χ4v) is 5.94. The number of allylic oxidation sites excluding steroid dienone is 18. The Morgan fingerprint density at radius 1 is 0.500 bits per heavy atom. The van der Waals surface area contributed by atoms with E-state index < -0.39 is 18.1 Å². The highest BCUT2D eigenvalue weighted by Gasteiger charge is 2.31. The third-order valence-electron chi connectivity index (χ3n) is 9.42. The Morgan fingerprint density at radius 3 is 1.35 bits per heavy atom. The van der Waals surface area contributed by atoms with E-state index in [0.29, 0.717) is 19.3 Å². The van der Waals surface area contributed by atoms with Crippen LogP contribution in [0.3, 0.4) is 0 Å². The maximum absolute atomic E-state index is 12.7. The molecule has 1 N–H and O–H groups in total. The van der Waals surface area contributed by atoms with Crippen LogP contribution >= 0.6 is 0 Å². The van der Waals surface area contributed by atoms with Crippen LogP contribution in [-0.2, 0) is 28.6 Å². The second-order valence-corrected chi connectivity index (χ2v) is 15.9. The molecule has 8 heteroatoms. The predicted octanol–water partition coefficient (Wildman–Crippen LogP) is 12.9. The van der Waals surface area contributed by atoms with Crippen LogP contribution in [0.2, 0.25) is 0 Å². The molecule has 8 nitrogen and oxygen atoms in total. The van der Waals surface area contributed by atoms with Crippen LogP contribution in [0.15, 0.2) is 109 Å². The zero-order chi connectivity index (χ0) is 44.2. The number of esters is 2. The Hall–Kier alpha value is -4.01. The summed E-state index contributed by atoms with van der Waals surface area (Å²) in [4.78, 5) is 37.0. The molecule has 2 atom stereocenters. The molecule has 0 aromatic heterocycles. The highest BCUT2D eigenvalue weighted by molar-refractivity contribution is 5.72. The molecule has 0 saturated heterocycles. The average molecular weight is 835 g/mol. The number of hydrogen-bond acceptors (Lipinski definition) is 6. The lowest BCUT2D eigenvalue weighted by atomic mass is 10.1. The first-order chi connectivity index (χ1) is 29.1. The van der Waals surface area contributed by atoms with Crippen LogP contribution in [0.5, 0.6) is 0 Å². The van der Waals surface area contributed by atoms with Gasteiger partial charge in [0.25, 0.3) is 0 Å². The van der Waals surface area contributed by atoms with E-state index in [4.69, 9.17) is 14.2 Å². The molecule has 0 fully saturated rings. The summed E-state index contributed by atoms with van der Waals surface area (Å²) in [6, 6.07) is -0.634. The van der Waals surface area contributed by atoms with E-state index >= 15 is 0 Å². The predicted molar refractivity (Wildman–Crippen MR) is 252 cm³/mol. The number of carboxylic acid groups (broad SMARTS) is 1. The molecule has 0 amide bonds. The van der Waals surface area contributed by atoms with E-state index in [9.17, 15) is 19.5 Å². The summed E-state index contributed by atoms with van der Waals surface area (Å²) in [5, 5.41) is 9.63. The third kappa shape index (κ3) is 39.5. The van der Waals surface area contributed by atoms with Crippen LogP contribution in [0.4, 0.5) is 0 Å². The number of nitrogens with zero attached hydrogens (tertiary/aromatic N) is 1. The Bertz CT molecular complexity index is 1340. The summed E-state index contributed by atoms with van der Waals surface area (Å²) in [5.41, 5.74) is 0. The minimum atomic E-state index is -0.891. The van der Waals surface area contributed by atoms with E-state index in [1.807, 2.05) is 21.1 Å². The zero-order valence-electron chi connectivity index (χ0n) is 38.4. The lowest BCUT2D eigenvalue weighted by Crippen LogP contribution is -2.50. The smallest absolute Gasteiger partial charge is 0.362 e. The fraction of sp³-hybridized carbons (Fsp3) is 0.596. The molecule has 2 unspecified atom stereocenters. The number of carboxylic acids is 1. The van der Waals surface area contributed by atoms with E-state index in [1.165, 1.54) is 12.8 Å². The molecule has 0 heterocycles. The van der Waals surface area contributed by atoms with Gasteiger partial charge in [-0.15, -0.1) is 0 Å². The number of ether oxygens (including phenoxy) is 3. The summed E-state index contributed by atoms with van der Waals surface area (Å²) in [5.74, 6) is -1.58. The number of hydrogen-bond donors (Lipinski definition) is 1. The first kappa shape index (κ1) is 56.0. The Labute approximate surface area is 366 Å². The molecule has 0 aliphatic carbocycles. The standard InChI is InChI=1S/C52H83NO7/c1-6-8-10-12-14-16-18-20-22-24-25-26-27-29-31-33-35-37-39-41-43-51(55)60-48(46-58-45-44-49(52(56)57)53(3,4)5)47-59-50(54)42-40-38-36-34-32-30-28-23-21-19-17-15-13-11-9-7-2/h8-11,14-17,20-23,25-26,29,31,35,37,48-49H,6-7,12-13,18-19,24,27-28,30,32-34,36,38-47H2,1-5H3/p+1/b10-8+,11-9+,16-14+,17-15+,22-20+,23-21+,26-25+,31-29+,37-35+. The van der Waals surface area contributed by atoms with Crippen LogP contribution < -0.4 is 0 Å². The van der Waals surface area contributed by atoms with Gasteiger partial charge in [0.2, 0.25) is 0 Å². The van der Waals surface area contributed by atoms with Gasteiger partial charge in [0.05, 0.1) is 34.4 Å². The number of unbranched alkanes of at least 4 members (excludes halogenated alkanes) is 7. The molecular weight excluding hydrogens is 751 g/mol. The molecule has 0 aromatic rings. The highest BCUT2D eigenvalue weighted by Crippen LogP contribution is 2.12. The summed E-state index contributed by atoms with van der Waals surface area (Å²) in [7, 11) is 5.49. The van der Waals surface area contributed by atoms with Gasteiger partial charge in [-0.1, -0.05) is 149 Å². The summed E-state index contributed by atoms with van der Waals surface area (Å²) >= 11 is 0. The van der Waals surface area contributed by atoms with Crippen molar-refractivity contribution < 1.29 is 38.2 Å². The summed E-state index contributed by atoms with van der Waals surface area (Å²) < 4.78 is 17.2. The zero-order valence-corrected chi connectivity index (χ0v) is 38.4. The number of rotatable bonds is 39. The lowest BCUT2D eigenvalue weighted by molar-refractivity contribution is -0.887. The van der Waals surface area contributed by atoms with Gasteiger partial charge in [-0.2, -0.15) is 0 Å². The largest absolute Gasteiger partial charge is 0.477 e. The van der Waals surface area contributed by atoms with Gasteiger partial charge in [0.1, 0.15) is 6.61 Å². The molecule has 0 aromatic carbocycles. The van der Waals surface area contributed by atoms with Crippen molar-refractivity contribution in [1.82, 2.24) is 0 Å². The van der Waals surface area contributed by atoms with E-state index in [-0.39, 0.29) is 42.7 Å². The van der Waals surface area contributed by atoms with Crippen LogP contribution in [0.25, 0.3) is 0 Å². The maximum Gasteiger partial charge on any atom is 0.362 e. The highest BCUT2D eigenvalue weighted by atomic mass is 16.6. The molecule has 0 rings (SSSR count). The van der Waals surface area contributed by atoms with Gasteiger partial charge in [-0.25, -0.2) is 4.79 Å². The molecule has 0 aliphatic rings. The van der Waals surface area contributed by atoms with Gasteiger partial charge in [0.15, 0.2) is 12.1 Å². The van der Waals surface area contributed by atoms with Crippen molar-refractivity contribution in [3.8, 4) is 0 Å². The molecular formula is C52H84NO7+. The number of quaternary nitrogens is 1. The topological polar surface area (TPSA) is 99.1 Å². The van der Waals surface area contributed by atoms with Crippen LogP contribution in [-0.4, -0.2) is 80.6 Å². The van der Waals surface area contributed by atoms with E-state index in [2.05, 4.69) is 123 Å². The molecule has 0 bridgehead atoms. The monoisotopic (exact) mass is 835 g/mol. The van der Waals surface area contributed by atoms with Crippen molar-refractivity contribution >= 4 is 17.9 Å². The van der Waals surface area contributed by atoms with Crippen molar-refractivity contribution in [2.24, 2.45) is 0 Å². The molecule has 60 heavy (non-hydrogen) atoms. The minimum absolute atomic E-state index is 0.0260. The SMILES string of the molecule is CC/C=C/C/C=C/C/C=C/C/C=C/C/C=C/C/C=C/CCCC(=O)OC(COCCC(C(=O)O)[N+](C)(C)C)COC(=O)CCCCCCCC/C=C/C/C=C/C/C=C/CC. The van der Waals surface area contributed by atoms with Gasteiger partial charge in [0, 0.05) is 19.3 Å². The van der Waals surface area contributed by atoms with E-state index in [1.54, 1.807) is 0 Å². The number of carbonyl (C=O) groups is 3. The van der Waals surface area contributed by atoms with Crippen molar-refractivity contribution in [2.75, 3.05) is 41.0 Å². The van der Waals surface area contributed by atoms with Crippen molar-refractivity contribution in [2.45, 2.75) is 161 Å². The Balaban J connectivity index is 4.48. The summed E-state index contributed by atoms with van der Waals surface area (Å²) in [6.45, 7) is 4.41. The van der Waals surface area contributed by atoms with Crippen molar-refractivity contribution in [3.05, 3.63) is 109 Å². The minimum Gasteiger partial charge on any atom is -0.477 e. The molecule has 0 aliphatic heterocycles. The van der Waals surface area contributed by atoms with Gasteiger partial charge in [-0.3, -0.25) is 9.59 Å². The van der Waals surface area contributed by atoms with Gasteiger partial charge in [-0.05, 0) is 89.9 Å². The molecule has 0 spiro atoms. The summed E-state index contributed by atoms with van der Waals surface area (Å²) in [6.07, 6.45) is 57.1. The van der Waals surface area contributed by atoms with Crippen molar-refractivity contribution in [3.63, 3.8) is 0 Å². The Kier molecular flexibility index (Phi) is 38.9. The Morgan fingerprint density at radius 2 is 0.900 bits per heavy atom. The number of likely N-dealkylation sites (N-methyl/N-ethyl adjacent to an activating group) is 1. The first-order valence-corrected chi connectivity index (χ1v) is 22.9. The average Bonchev–Trinajstić information content (AvgIpc) is 3.21. The van der Waals surface area contributed by atoms with Crippen molar-refractivity contribution in [1.29, 1.82) is 0 Å². The lowest BCUT2D eigenvalue weighted by Gasteiger charge is -2.31. The van der Waals surface area contributed by atoms with E-state index in [0.717, 1.165) is 96.3 Å². The maximum atomic E-state index is 12.7. The normalized spacial score (nSPS) is 13.9. The fourth-order valence-electron chi connectivity index (χ4n) is 5.94. The first-order valence-electron chi connectivity index (χ1n) is 22.9. The third-order valence-corrected chi connectivity index (χ3v) is 9.42. The quantitative estimate of drug-likeness (QED) is 0.0285. The second-order valence-electron chi connectivity index (χ2n) is 15.9. The molecule has 0 radical (unpaired) electrons. The number of aliphatic carboxylic acids is 1.